The van der Waals surface area contributed by atoms with E-state index in [1.54, 1.807) is 17.5 Å². The zero-order valence-corrected chi connectivity index (χ0v) is 32.4. The van der Waals surface area contributed by atoms with Crippen molar-refractivity contribution < 1.29 is 21.5 Å². The minimum absolute atomic E-state index is 0. The molecule has 3 heterocycles. The first-order valence-corrected chi connectivity index (χ1v) is 23.5. The molecular formula is C41H38GeIrN2S-2. The molecule has 0 N–H and O–H groups in total. The molecule has 0 unspecified atom stereocenters. The molecule has 46 heavy (non-hydrogen) atoms. The molecule has 7 aromatic rings. The third-order valence-corrected chi connectivity index (χ3v) is 13.6. The Morgan fingerprint density at radius 1 is 0.783 bits per heavy atom. The molecule has 0 saturated heterocycles. The number of pyridine rings is 2. The Balaban J connectivity index is 0.000000207. The zero-order chi connectivity index (χ0) is 32.5. The normalized spacial score (nSPS) is 11.8. The van der Waals surface area contributed by atoms with E-state index >= 15 is 0 Å². The maximum atomic E-state index is 8.33. The molecule has 4 aromatic carbocycles. The zero-order valence-electron chi connectivity index (χ0n) is 28.1. The van der Waals surface area contributed by atoms with Crippen LogP contribution < -0.4 is 4.40 Å². The summed E-state index contributed by atoms with van der Waals surface area (Å²) < 4.78 is 12.3. The first kappa shape index (κ1) is 32.5. The molecule has 0 fully saturated rings. The number of nitrogens with zero attached hydrogens (tertiary/aromatic N) is 2. The number of thiophene rings is 1. The van der Waals surface area contributed by atoms with Crippen molar-refractivity contribution >= 4 is 49.2 Å². The van der Waals surface area contributed by atoms with Crippen molar-refractivity contribution in [1.82, 2.24) is 9.97 Å². The Morgan fingerprint density at radius 2 is 1.54 bits per heavy atom. The second-order valence-electron chi connectivity index (χ2n) is 12.6. The van der Waals surface area contributed by atoms with Crippen molar-refractivity contribution in [3.8, 4) is 33.6 Å². The summed E-state index contributed by atoms with van der Waals surface area (Å²) in [6, 6.07) is 42.1. The van der Waals surface area contributed by atoms with Crippen LogP contribution in [0.3, 0.4) is 0 Å². The van der Waals surface area contributed by atoms with Gasteiger partial charge in [-0.15, -0.1) is 23.8 Å². The topological polar surface area (TPSA) is 25.8 Å². The molecule has 0 aliphatic carbocycles. The van der Waals surface area contributed by atoms with Crippen molar-refractivity contribution in [2.45, 2.75) is 43.9 Å². The summed E-state index contributed by atoms with van der Waals surface area (Å²) in [6.07, 6.45) is 3.87. The molecule has 0 atom stereocenters. The molecule has 233 valence electrons. The summed E-state index contributed by atoms with van der Waals surface area (Å²) >= 11 is 0.0275. The van der Waals surface area contributed by atoms with Crippen LogP contribution in [0.25, 0.3) is 53.8 Å². The van der Waals surface area contributed by atoms with Gasteiger partial charge < -0.3 is 4.98 Å². The van der Waals surface area contributed by atoms with E-state index in [1.165, 1.54) is 41.3 Å². The third kappa shape index (κ3) is 7.42. The van der Waals surface area contributed by atoms with Gasteiger partial charge in [0.15, 0.2) is 0 Å². The summed E-state index contributed by atoms with van der Waals surface area (Å²) in [5.41, 5.74) is 8.73. The van der Waals surface area contributed by atoms with Gasteiger partial charge in [0.2, 0.25) is 0 Å². The van der Waals surface area contributed by atoms with Gasteiger partial charge in [0.05, 0.1) is 0 Å². The van der Waals surface area contributed by atoms with Gasteiger partial charge in [0.25, 0.3) is 0 Å². The van der Waals surface area contributed by atoms with Crippen molar-refractivity contribution in [3.63, 3.8) is 0 Å². The Kier molecular flexibility index (Phi) is 10.3. The van der Waals surface area contributed by atoms with Gasteiger partial charge in [-0.3, -0.25) is 0 Å². The van der Waals surface area contributed by atoms with E-state index in [9.17, 15) is 0 Å². The average Bonchev–Trinajstić information content (AvgIpc) is 3.43. The Morgan fingerprint density at radius 3 is 2.24 bits per heavy atom. The maximum absolute atomic E-state index is 8.33. The fraction of sp³-hybridized carbons (Fsp3) is 0.171. The molecule has 5 heteroatoms. The number of aryl methyl sites for hydroxylation is 1. The molecular weight excluding hydrogens is 817 g/mol. The second-order valence-corrected chi connectivity index (χ2v) is 24.3. The summed E-state index contributed by atoms with van der Waals surface area (Å²) in [5.74, 6) is 6.55. The smallest absolute Gasteiger partial charge is 0.0346 e. The number of benzene rings is 4. The van der Waals surface area contributed by atoms with Gasteiger partial charge >= 0.3 is 106 Å². The summed E-state index contributed by atoms with van der Waals surface area (Å²) in [7, 11) is 0. The first-order chi connectivity index (χ1) is 22.0. The minimum atomic E-state index is -1.77. The molecule has 3 aromatic heterocycles. The Labute approximate surface area is 295 Å². The number of rotatable bonds is 5. The second kappa shape index (κ2) is 14.6. The average molecular weight is 857 g/mol. The number of aromatic nitrogens is 2. The maximum Gasteiger partial charge on any atom is 0.0346 e. The van der Waals surface area contributed by atoms with E-state index < -0.39 is 19.2 Å². The van der Waals surface area contributed by atoms with Gasteiger partial charge in [-0.2, -0.15) is 11.3 Å². The van der Waals surface area contributed by atoms with Crippen LogP contribution in [-0.4, -0.2) is 23.2 Å². The summed E-state index contributed by atoms with van der Waals surface area (Å²) in [5, 5.41) is 2.52. The third-order valence-electron chi connectivity index (χ3n) is 8.03. The Hall–Kier alpha value is -3.41. The van der Waals surface area contributed by atoms with Crippen molar-refractivity contribution in [3.05, 3.63) is 139 Å². The van der Waals surface area contributed by atoms with E-state index in [1.807, 2.05) is 44.2 Å². The largest absolute Gasteiger partial charge is 0.305 e. The van der Waals surface area contributed by atoms with Crippen LogP contribution in [0.5, 0.6) is 0 Å². The Bertz CT molecular complexity index is 2130. The van der Waals surface area contributed by atoms with E-state index in [4.69, 9.17) is 1.37 Å². The number of hydrogen-bond acceptors (Lipinski definition) is 3. The van der Waals surface area contributed by atoms with E-state index in [0.29, 0.717) is 0 Å². The van der Waals surface area contributed by atoms with Gasteiger partial charge in [0.1, 0.15) is 0 Å². The van der Waals surface area contributed by atoms with Crippen LogP contribution in [0.2, 0.25) is 17.3 Å². The summed E-state index contributed by atoms with van der Waals surface area (Å²) in [4.78, 5) is 9.16. The van der Waals surface area contributed by atoms with Crippen LogP contribution in [0, 0.1) is 19.1 Å². The predicted molar refractivity (Wildman–Crippen MR) is 197 cm³/mol. The van der Waals surface area contributed by atoms with Crippen molar-refractivity contribution in [2.24, 2.45) is 0 Å². The van der Waals surface area contributed by atoms with Crippen molar-refractivity contribution in [1.29, 1.82) is 0 Å². The molecule has 0 saturated carbocycles. The van der Waals surface area contributed by atoms with Crippen LogP contribution >= 0.6 is 11.3 Å². The van der Waals surface area contributed by atoms with Crippen LogP contribution in [-0.2, 0) is 20.1 Å². The number of fused-ring (bicyclic) bond motifs is 3. The fourth-order valence-corrected chi connectivity index (χ4v) is 10.4. The van der Waals surface area contributed by atoms with E-state index in [-0.39, 0.29) is 20.1 Å². The molecule has 2 nitrogen and oxygen atoms in total. The van der Waals surface area contributed by atoms with Crippen LogP contribution in [0.4, 0.5) is 0 Å². The molecule has 0 bridgehead atoms. The quantitative estimate of drug-likeness (QED) is 0.127. The predicted octanol–water partition coefficient (Wildman–Crippen LogP) is 11.1. The van der Waals surface area contributed by atoms with Gasteiger partial charge in [-0.1, -0.05) is 73.3 Å². The van der Waals surface area contributed by atoms with Crippen molar-refractivity contribution in [2.75, 3.05) is 0 Å². The van der Waals surface area contributed by atoms with Crippen LogP contribution in [0.15, 0.2) is 116 Å². The molecule has 7 rings (SSSR count). The molecule has 0 amide bonds. The van der Waals surface area contributed by atoms with E-state index in [0.717, 1.165) is 28.1 Å². The van der Waals surface area contributed by atoms with Gasteiger partial charge in [0, 0.05) is 32.4 Å². The first-order valence-electron chi connectivity index (χ1n) is 15.8. The molecule has 0 aliphatic rings. The summed E-state index contributed by atoms with van der Waals surface area (Å²) in [6.45, 7) is 6.00. The molecule has 0 spiro atoms. The monoisotopic (exact) mass is 858 g/mol. The standard InChI is InChI=1S/C26H20NS.C15H18GeN.Ir/c1-17(2)19-13-14-27-23(16-19)20-11-12-24-22(15-20)26-21(9-6-10-25(26)28-24)18-7-4-3-5-8-18;1-12-10-15(13-8-6-5-7-9-13)17-11-14(12)16(2,3)4;/h3-10,12-17H,1-2H3;5-8,10-11H,1-4H3;/q2*-1;/i17D;;. The fourth-order valence-electron chi connectivity index (χ4n) is 5.71. The molecule has 0 aliphatic heterocycles. The van der Waals surface area contributed by atoms with Crippen LogP contribution in [0.1, 0.15) is 32.2 Å². The minimum Gasteiger partial charge on any atom is -0.305 e. The van der Waals surface area contributed by atoms with E-state index in [2.05, 4.69) is 125 Å². The van der Waals surface area contributed by atoms with Gasteiger partial charge in [-0.25, -0.2) is 0 Å². The molecule has 1 radical (unpaired) electrons. The number of hydrogen-bond donors (Lipinski definition) is 0. The van der Waals surface area contributed by atoms with Gasteiger partial charge in [-0.05, 0) is 44.9 Å². The SMILES string of the molecule is Cc1cc(-c2[c-]cccc2)nc[c]1[Ge]([CH3])([CH3])[CH3].[2H]C(C)(C)c1ccnc(-c2[c-]cc3sc4cccc(-c5ccccc5)c4c3c2)c1.[Ir].